The fourth-order valence-corrected chi connectivity index (χ4v) is 5.55. The molecule has 0 unspecified atom stereocenters. The molecule has 0 radical (unpaired) electrons. The molecule has 4 rings (SSSR count). The largest absolute Gasteiger partial charge is 0.493 e. The maximum Gasteiger partial charge on any atom is 0.338 e. The molecular formula is C28H30N2O8S. The molecule has 11 heteroatoms. The van der Waals surface area contributed by atoms with Crippen LogP contribution in [0.15, 0.2) is 51.4 Å². The maximum absolute atomic E-state index is 13.9. The zero-order valence-electron chi connectivity index (χ0n) is 22.8. The lowest BCUT2D eigenvalue weighted by molar-refractivity contribution is -0.139. The summed E-state index contributed by atoms with van der Waals surface area (Å²) in [5.41, 5.74) is 1.66. The van der Waals surface area contributed by atoms with Crippen LogP contribution in [0.5, 0.6) is 28.7 Å². The molecule has 0 spiro atoms. The molecule has 1 aliphatic heterocycles. The SMILES string of the molecule is CCOC(=O)C1=C(C)N=c2s/c(=C/c3ccc(OC)c(OC)c3OC)c(=O)n2[C@@H]1c1ccc(OC)c(OC)c1. The monoisotopic (exact) mass is 554 g/mol. The predicted molar refractivity (Wildman–Crippen MR) is 146 cm³/mol. The topological polar surface area (TPSA) is 107 Å². The molecule has 0 N–H and O–H groups in total. The van der Waals surface area contributed by atoms with E-state index in [1.54, 1.807) is 50.3 Å². The van der Waals surface area contributed by atoms with Crippen molar-refractivity contribution in [3.8, 4) is 28.7 Å². The van der Waals surface area contributed by atoms with Crippen LogP contribution in [0.3, 0.4) is 0 Å². The molecule has 206 valence electrons. The highest BCUT2D eigenvalue weighted by Crippen LogP contribution is 2.40. The summed E-state index contributed by atoms with van der Waals surface area (Å²) in [7, 11) is 7.63. The van der Waals surface area contributed by atoms with E-state index in [0.29, 0.717) is 54.9 Å². The van der Waals surface area contributed by atoms with Gasteiger partial charge in [0.15, 0.2) is 27.8 Å². The highest BCUT2D eigenvalue weighted by atomic mass is 32.1. The Kier molecular flexibility index (Phi) is 8.29. The molecule has 1 aliphatic rings. The first-order valence-electron chi connectivity index (χ1n) is 12.0. The summed E-state index contributed by atoms with van der Waals surface area (Å²) in [6, 6.07) is 7.99. The Hall–Kier alpha value is -4.25. The van der Waals surface area contributed by atoms with Gasteiger partial charge in [-0.15, -0.1) is 0 Å². The lowest BCUT2D eigenvalue weighted by Crippen LogP contribution is -2.40. The average Bonchev–Trinajstić information content (AvgIpc) is 3.25. The quantitative estimate of drug-likeness (QED) is 0.372. The van der Waals surface area contributed by atoms with Gasteiger partial charge in [-0.05, 0) is 49.8 Å². The maximum atomic E-state index is 13.9. The molecular weight excluding hydrogens is 524 g/mol. The van der Waals surface area contributed by atoms with Crippen molar-refractivity contribution in [2.75, 3.05) is 42.2 Å². The van der Waals surface area contributed by atoms with Crippen LogP contribution in [-0.4, -0.2) is 52.7 Å². The number of fused-ring (bicyclic) bond motifs is 1. The van der Waals surface area contributed by atoms with Gasteiger partial charge in [-0.3, -0.25) is 9.36 Å². The normalized spacial score (nSPS) is 14.8. The minimum Gasteiger partial charge on any atom is -0.493 e. The fourth-order valence-electron chi connectivity index (χ4n) is 4.51. The third-order valence-corrected chi connectivity index (χ3v) is 7.24. The summed E-state index contributed by atoms with van der Waals surface area (Å²) < 4.78 is 34.6. The number of benzene rings is 2. The predicted octanol–water partition coefficient (Wildman–Crippen LogP) is 2.84. The molecule has 1 aromatic heterocycles. The van der Waals surface area contributed by atoms with Gasteiger partial charge in [0, 0.05) is 5.56 Å². The molecule has 39 heavy (non-hydrogen) atoms. The highest BCUT2D eigenvalue weighted by molar-refractivity contribution is 7.07. The second-order valence-electron chi connectivity index (χ2n) is 8.34. The number of carbonyl (C=O) groups excluding carboxylic acids is 1. The fraction of sp³-hybridized carbons (Fsp3) is 0.321. The molecule has 2 heterocycles. The Bertz CT molecular complexity index is 1620. The van der Waals surface area contributed by atoms with Crippen LogP contribution in [0.4, 0.5) is 0 Å². The Morgan fingerprint density at radius 2 is 1.62 bits per heavy atom. The zero-order chi connectivity index (χ0) is 28.3. The minimum atomic E-state index is -0.797. The molecule has 10 nitrogen and oxygen atoms in total. The number of carbonyl (C=O) groups is 1. The van der Waals surface area contributed by atoms with Gasteiger partial charge in [-0.25, -0.2) is 9.79 Å². The van der Waals surface area contributed by atoms with Crippen molar-refractivity contribution < 1.29 is 33.2 Å². The number of aromatic nitrogens is 1. The molecule has 0 bridgehead atoms. The van der Waals surface area contributed by atoms with Gasteiger partial charge in [-0.2, -0.15) is 0 Å². The van der Waals surface area contributed by atoms with Crippen molar-refractivity contribution in [3.63, 3.8) is 0 Å². The van der Waals surface area contributed by atoms with Crippen molar-refractivity contribution in [3.05, 3.63) is 72.4 Å². The second kappa shape index (κ2) is 11.6. The smallest absolute Gasteiger partial charge is 0.338 e. The standard InChI is InChI=1S/C28H30N2O8S/c1-8-38-27(32)22-15(2)29-28-30(23(22)16-9-11-18(33-3)20(13-16)35-5)26(31)21(39-28)14-17-10-12-19(34-4)25(37-7)24(17)36-6/h9-14,23H,8H2,1-7H3/b21-14+/t23-/m1/s1. The Morgan fingerprint density at radius 1 is 0.949 bits per heavy atom. The number of thiazole rings is 1. The van der Waals surface area contributed by atoms with Gasteiger partial charge in [0.05, 0.1) is 64.0 Å². The van der Waals surface area contributed by atoms with Gasteiger partial charge in [0.25, 0.3) is 5.56 Å². The van der Waals surface area contributed by atoms with Crippen LogP contribution in [-0.2, 0) is 9.53 Å². The van der Waals surface area contributed by atoms with E-state index in [1.165, 1.54) is 51.5 Å². The van der Waals surface area contributed by atoms with Gasteiger partial charge in [-0.1, -0.05) is 17.4 Å². The van der Waals surface area contributed by atoms with E-state index < -0.39 is 12.0 Å². The minimum absolute atomic E-state index is 0.178. The van der Waals surface area contributed by atoms with Crippen LogP contribution < -0.4 is 38.6 Å². The third kappa shape index (κ3) is 4.97. The molecule has 0 aliphatic carbocycles. The number of allylic oxidation sites excluding steroid dienone is 1. The Labute approximate surface area is 229 Å². The summed E-state index contributed by atoms with van der Waals surface area (Å²) in [6.45, 7) is 3.64. The molecule has 0 fully saturated rings. The van der Waals surface area contributed by atoms with E-state index in [-0.39, 0.29) is 17.7 Å². The first kappa shape index (κ1) is 27.8. The van der Waals surface area contributed by atoms with Crippen LogP contribution >= 0.6 is 11.3 Å². The average molecular weight is 555 g/mol. The van der Waals surface area contributed by atoms with Crippen molar-refractivity contribution in [1.29, 1.82) is 0 Å². The van der Waals surface area contributed by atoms with E-state index in [1.807, 2.05) is 0 Å². The summed E-state index contributed by atoms with van der Waals surface area (Å²) in [4.78, 5) is 32.1. The Balaban J connectivity index is 1.99. The number of ether oxygens (including phenoxy) is 6. The van der Waals surface area contributed by atoms with Crippen LogP contribution in [0.25, 0.3) is 6.08 Å². The molecule has 0 amide bonds. The van der Waals surface area contributed by atoms with E-state index in [2.05, 4.69) is 4.99 Å². The first-order chi connectivity index (χ1) is 18.8. The number of hydrogen-bond donors (Lipinski definition) is 0. The number of hydrogen-bond acceptors (Lipinski definition) is 10. The number of nitrogens with zero attached hydrogens (tertiary/aromatic N) is 2. The van der Waals surface area contributed by atoms with E-state index in [4.69, 9.17) is 28.4 Å². The number of methoxy groups -OCH3 is 5. The Morgan fingerprint density at radius 3 is 2.23 bits per heavy atom. The van der Waals surface area contributed by atoms with Crippen molar-refractivity contribution in [2.24, 2.45) is 4.99 Å². The third-order valence-electron chi connectivity index (χ3n) is 6.26. The van der Waals surface area contributed by atoms with Gasteiger partial charge < -0.3 is 28.4 Å². The zero-order valence-corrected chi connectivity index (χ0v) is 23.6. The van der Waals surface area contributed by atoms with Gasteiger partial charge >= 0.3 is 5.97 Å². The summed E-state index contributed by atoms with van der Waals surface area (Å²) in [6.07, 6.45) is 1.71. The van der Waals surface area contributed by atoms with E-state index in [0.717, 1.165) is 0 Å². The summed E-state index contributed by atoms with van der Waals surface area (Å²) in [5.74, 6) is 1.76. The van der Waals surface area contributed by atoms with Gasteiger partial charge in [0.1, 0.15) is 0 Å². The van der Waals surface area contributed by atoms with Crippen molar-refractivity contribution in [1.82, 2.24) is 4.57 Å². The highest BCUT2D eigenvalue weighted by Gasteiger charge is 2.34. The molecule has 0 saturated carbocycles. The van der Waals surface area contributed by atoms with Crippen LogP contribution in [0.1, 0.15) is 31.0 Å². The van der Waals surface area contributed by atoms with Crippen molar-refractivity contribution in [2.45, 2.75) is 19.9 Å². The van der Waals surface area contributed by atoms with E-state index in [9.17, 15) is 9.59 Å². The summed E-state index contributed by atoms with van der Waals surface area (Å²) >= 11 is 1.20. The van der Waals surface area contributed by atoms with Gasteiger partial charge in [0.2, 0.25) is 5.75 Å². The number of rotatable bonds is 9. The summed E-state index contributed by atoms with van der Waals surface area (Å²) in [5, 5.41) is 0. The van der Waals surface area contributed by atoms with E-state index >= 15 is 0 Å². The van der Waals surface area contributed by atoms with Crippen LogP contribution in [0.2, 0.25) is 0 Å². The lowest BCUT2D eigenvalue weighted by atomic mass is 9.95. The van der Waals surface area contributed by atoms with Crippen LogP contribution in [0, 0.1) is 0 Å². The van der Waals surface area contributed by atoms with Crippen molar-refractivity contribution >= 4 is 23.4 Å². The number of esters is 1. The molecule has 3 aromatic rings. The lowest BCUT2D eigenvalue weighted by Gasteiger charge is -2.25. The molecule has 2 aromatic carbocycles. The molecule has 1 atom stereocenters. The first-order valence-corrected chi connectivity index (χ1v) is 12.9. The second-order valence-corrected chi connectivity index (χ2v) is 9.35. The molecule has 0 saturated heterocycles.